The molecule has 0 aliphatic carbocycles. The molecule has 0 bridgehead atoms. The molecule has 6 nitrogen and oxygen atoms in total. The molecule has 0 radical (unpaired) electrons. The minimum Gasteiger partial charge on any atom is -0.452 e. The fourth-order valence-corrected chi connectivity index (χ4v) is 3.32. The van der Waals surface area contributed by atoms with E-state index in [1.807, 2.05) is 37.3 Å². The standard InChI is InChI=1S/C21H25NO5S/c1-15-9-12-18(28(3,25)26)13-19(15)21(24)27-14-20(23)22-16(2)10-11-17-7-5-4-6-8-17/h4-9,12-13,16H,10-11,14H2,1-3H3,(H,22,23)/t16-/m0/s1. The first-order chi connectivity index (χ1) is 13.2. The highest BCUT2D eigenvalue weighted by Crippen LogP contribution is 2.16. The third kappa shape index (κ3) is 6.49. The van der Waals surface area contributed by atoms with E-state index in [0.717, 1.165) is 19.1 Å². The molecule has 0 aliphatic rings. The summed E-state index contributed by atoms with van der Waals surface area (Å²) < 4.78 is 28.4. The summed E-state index contributed by atoms with van der Waals surface area (Å²) in [5.41, 5.74) is 1.90. The van der Waals surface area contributed by atoms with Gasteiger partial charge < -0.3 is 10.1 Å². The third-order valence-electron chi connectivity index (χ3n) is 4.31. The van der Waals surface area contributed by atoms with Crippen LogP contribution in [0.4, 0.5) is 0 Å². The molecular formula is C21H25NO5S. The van der Waals surface area contributed by atoms with E-state index in [-0.39, 0.29) is 16.5 Å². The van der Waals surface area contributed by atoms with Crippen LogP contribution in [0.25, 0.3) is 0 Å². The van der Waals surface area contributed by atoms with Gasteiger partial charge in [0.05, 0.1) is 10.5 Å². The molecule has 0 saturated carbocycles. The molecule has 2 rings (SSSR count). The molecule has 0 heterocycles. The number of ether oxygens (including phenoxy) is 1. The number of benzene rings is 2. The normalized spacial score (nSPS) is 12.2. The number of amides is 1. The van der Waals surface area contributed by atoms with Gasteiger partial charge in [0.25, 0.3) is 5.91 Å². The molecule has 28 heavy (non-hydrogen) atoms. The summed E-state index contributed by atoms with van der Waals surface area (Å²) in [5, 5.41) is 2.80. The van der Waals surface area contributed by atoms with Crippen LogP contribution in [0, 0.1) is 6.92 Å². The van der Waals surface area contributed by atoms with Crippen molar-refractivity contribution in [2.24, 2.45) is 0 Å². The smallest absolute Gasteiger partial charge is 0.338 e. The highest BCUT2D eigenvalue weighted by atomic mass is 32.2. The number of carbonyl (C=O) groups excluding carboxylic acids is 2. The largest absolute Gasteiger partial charge is 0.452 e. The SMILES string of the molecule is Cc1ccc(S(C)(=O)=O)cc1C(=O)OCC(=O)N[C@@H](C)CCc1ccccc1. The Balaban J connectivity index is 1.86. The van der Waals surface area contributed by atoms with Crippen LogP contribution in [0.2, 0.25) is 0 Å². The Hall–Kier alpha value is -2.67. The van der Waals surface area contributed by atoms with Gasteiger partial charge in [-0.25, -0.2) is 13.2 Å². The molecule has 2 aromatic carbocycles. The highest BCUT2D eigenvalue weighted by molar-refractivity contribution is 7.90. The summed E-state index contributed by atoms with van der Waals surface area (Å²) in [5.74, 6) is -1.12. The van der Waals surface area contributed by atoms with Crippen molar-refractivity contribution in [2.75, 3.05) is 12.9 Å². The number of esters is 1. The van der Waals surface area contributed by atoms with Gasteiger partial charge in [-0.3, -0.25) is 4.79 Å². The number of carbonyl (C=O) groups is 2. The zero-order valence-corrected chi connectivity index (χ0v) is 17.1. The van der Waals surface area contributed by atoms with Crippen molar-refractivity contribution in [3.8, 4) is 0 Å². The van der Waals surface area contributed by atoms with Gasteiger partial charge in [-0.15, -0.1) is 0 Å². The maximum Gasteiger partial charge on any atom is 0.338 e. The van der Waals surface area contributed by atoms with E-state index in [9.17, 15) is 18.0 Å². The molecule has 1 atom stereocenters. The van der Waals surface area contributed by atoms with E-state index >= 15 is 0 Å². The van der Waals surface area contributed by atoms with Crippen LogP contribution < -0.4 is 5.32 Å². The number of rotatable bonds is 8. The first-order valence-electron chi connectivity index (χ1n) is 8.98. The average Bonchev–Trinajstić information content (AvgIpc) is 2.64. The van der Waals surface area contributed by atoms with Crippen LogP contribution in [-0.2, 0) is 25.8 Å². The van der Waals surface area contributed by atoms with Crippen molar-refractivity contribution in [3.05, 3.63) is 65.2 Å². The second-order valence-corrected chi connectivity index (χ2v) is 8.83. The molecule has 0 fully saturated rings. The molecule has 0 aliphatic heterocycles. The van der Waals surface area contributed by atoms with Gasteiger partial charge >= 0.3 is 5.97 Å². The van der Waals surface area contributed by atoms with Gasteiger partial charge in [0.2, 0.25) is 0 Å². The lowest BCUT2D eigenvalue weighted by Gasteiger charge is -2.14. The van der Waals surface area contributed by atoms with Gasteiger partial charge in [0.15, 0.2) is 16.4 Å². The summed E-state index contributed by atoms with van der Waals surface area (Å²) in [4.78, 5) is 24.3. The fourth-order valence-electron chi connectivity index (χ4n) is 2.68. The summed E-state index contributed by atoms with van der Waals surface area (Å²) in [6.45, 7) is 3.15. The van der Waals surface area contributed by atoms with Crippen LogP contribution in [0.15, 0.2) is 53.4 Å². The molecule has 0 unspecified atom stereocenters. The predicted octanol–water partition coefficient (Wildman–Crippen LogP) is 2.69. The molecule has 7 heteroatoms. The van der Waals surface area contributed by atoms with E-state index in [1.54, 1.807) is 13.0 Å². The Kier molecular flexibility index (Phi) is 7.34. The van der Waals surface area contributed by atoms with Crippen LogP contribution >= 0.6 is 0 Å². The fraction of sp³-hybridized carbons (Fsp3) is 0.333. The van der Waals surface area contributed by atoms with E-state index < -0.39 is 28.3 Å². The van der Waals surface area contributed by atoms with Crippen molar-refractivity contribution in [2.45, 2.75) is 37.6 Å². The van der Waals surface area contributed by atoms with Crippen molar-refractivity contribution in [3.63, 3.8) is 0 Å². The summed E-state index contributed by atoms with van der Waals surface area (Å²) in [6, 6.07) is 14.1. The molecule has 1 N–H and O–H groups in total. The average molecular weight is 404 g/mol. The van der Waals surface area contributed by atoms with Gasteiger partial charge in [0, 0.05) is 12.3 Å². The predicted molar refractivity (Wildman–Crippen MR) is 107 cm³/mol. The lowest BCUT2D eigenvalue weighted by atomic mass is 10.1. The van der Waals surface area contributed by atoms with Crippen molar-refractivity contribution >= 4 is 21.7 Å². The molecule has 0 spiro atoms. The summed E-state index contributed by atoms with van der Waals surface area (Å²) >= 11 is 0. The first-order valence-corrected chi connectivity index (χ1v) is 10.9. The molecule has 2 aromatic rings. The lowest BCUT2D eigenvalue weighted by molar-refractivity contribution is -0.124. The molecule has 0 saturated heterocycles. The zero-order chi connectivity index (χ0) is 20.7. The summed E-state index contributed by atoms with van der Waals surface area (Å²) in [6.07, 6.45) is 2.66. The Morgan fingerprint density at radius 1 is 1.11 bits per heavy atom. The van der Waals surface area contributed by atoms with Crippen LogP contribution in [0.1, 0.15) is 34.8 Å². The number of hydrogen-bond acceptors (Lipinski definition) is 5. The minimum absolute atomic E-state index is 0.0315. The minimum atomic E-state index is -3.44. The van der Waals surface area contributed by atoms with Crippen LogP contribution in [0.3, 0.4) is 0 Å². The van der Waals surface area contributed by atoms with Gasteiger partial charge in [-0.1, -0.05) is 36.4 Å². The monoisotopic (exact) mass is 403 g/mol. The maximum atomic E-state index is 12.2. The topological polar surface area (TPSA) is 89.5 Å². The number of sulfone groups is 1. The Labute approximate surface area is 165 Å². The molecule has 150 valence electrons. The van der Waals surface area contributed by atoms with Crippen molar-refractivity contribution in [1.29, 1.82) is 0 Å². The maximum absolute atomic E-state index is 12.2. The third-order valence-corrected chi connectivity index (χ3v) is 5.42. The van der Waals surface area contributed by atoms with Crippen LogP contribution in [-0.4, -0.2) is 39.2 Å². The number of nitrogens with one attached hydrogen (secondary N) is 1. The van der Waals surface area contributed by atoms with Gasteiger partial charge in [-0.2, -0.15) is 0 Å². The second-order valence-electron chi connectivity index (χ2n) is 6.82. The van der Waals surface area contributed by atoms with Crippen LogP contribution in [0.5, 0.6) is 0 Å². The van der Waals surface area contributed by atoms with E-state index in [0.29, 0.717) is 5.56 Å². The second kappa shape index (κ2) is 9.50. The Bertz CT molecular complexity index is 939. The lowest BCUT2D eigenvalue weighted by Crippen LogP contribution is -2.36. The van der Waals surface area contributed by atoms with E-state index in [1.165, 1.54) is 17.7 Å². The zero-order valence-electron chi connectivity index (χ0n) is 16.3. The van der Waals surface area contributed by atoms with Crippen molar-refractivity contribution < 1.29 is 22.7 Å². The van der Waals surface area contributed by atoms with Gasteiger partial charge in [0.1, 0.15) is 0 Å². The number of hydrogen-bond donors (Lipinski definition) is 1. The van der Waals surface area contributed by atoms with Crippen molar-refractivity contribution in [1.82, 2.24) is 5.32 Å². The Morgan fingerprint density at radius 2 is 1.79 bits per heavy atom. The van der Waals surface area contributed by atoms with E-state index in [4.69, 9.17) is 4.74 Å². The quantitative estimate of drug-likeness (QED) is 0.685. The first kappa shape index (κ1) is 21.6. The number of aryl methyl sites for hydroxylation is 2. The Morgan fingerprint density at radius 3 is 2.43 bits per heavy atom. The molecule has 0 aromatic heterocycles. The van der Waals surface area contributed by atoms with Gasteiger partial charge in [-0.05, 0) is 49.9 Å². The molecule has 1 amide bonds. The molecular weight excluding hydrogens is 378 g/mol. The van der Waals surface area contributed by atoms with E-state index in [2.05, 4.69) is 5.32 Å². The summed E-state index contributed by atoms with van der Waals surface area (Å²) in [7, 11) is -3.44. The highest BCUT2D eigenvalue weighted by Gasteiger charge is 2.17.